The van der Waals surface area contributed by atoms with E-state index >= 15 is 0 Å². The Bertz CT molecular complexity index is 440. The Morgan fingerprint density at radius 3 is 2.47 bits per heavy atom. The molecule has 78 valence electrons. The van der Waals surface area contributed by atoms with E-state index in [1.807, 2.05) is 29.4 Å². The van der Waals surface area contributed by atoms with Gasteiger partial charge in [-0.25, -0.2) is 4.98 Å². The van der Waals surface area contributed by atoms with Crippen molar-refractivity contribution in [3.63, 3.8) is 0 Å². The van der Waals surface area contributed by atoms with Crippen LogP contribution in [-0.2, 0) is 0 Å². The second-order valence-corrected chi connectivity index (χ2v) is 4.05. The number of hydrogen-bond acceptors (Lipinski definition) is 2. The molecule has 0 spiro atoms. The van der Waals surface area contributed by atoms with Crippen LogP contribution in [0.15, 0.2) is 30.9 Å². The van der Waals surface area contributed by atoms with Gasteiger partial charge in [-0.15, -0.1) is 0 Å². The van der Waals surface area contributed by atoms with Gasteiger partial charge < -0.3 is 4.57 Å². The van der Waals surface area contributed by atoms with Crippen LogP contribution in [0.1, 0.15) is 31.0 Å². The van der Waals surface area contributed by atoms with Gasteiger partial charge >= 0.3 is 0 Å². The summed E-state index contributed by atoms with van der Waals surface area (Å²) in [5.41, 5.74) is 2.26. The maximum atomic E-state index is 4.38. The average molecular weight is 201 g/mol. The molecule has 0 aliphatic carbocycles. The van der Waals surface area contributed by atoms with Crippen LogP contribution in [-0.4, -0.2) is 14.5 Å². The molecule has 2 aromatic rings. The molecule has 3 nitrogen and oxygen atoms in total. The second-order valence-electron chi connectivity index (χ2n) is 4.05. The minimum atomic E-state index is 0.429. The predicted molar refractivity (Wildman–Crippen MR) is 60.2 cm³/mol. The molecular formula is C12H15N3. The van der Waals surface area contributed by atoms with E-state index in [0.29, 0.717) is 5.92 Å². The van der Waals surface area contributed by atoms with Crippen LogP contribution in [0.4, 0.5) is 0 Å². The van der Waals surface area contributed by atoms with Crippen LogP contribution < -0.4 is 0 Å². The van der Waals surface area contributed by atoms with Gasteiger partial charge in [0.25, 0.3) is 0 Å². The fourth-order valence-electron chi connectivity index (χ4n) is 1.41. The molecule has 0 fully saturated rings. The van der Waals surface area contributed by atoms with E-state index in [2.05, 4.69) is 36.8 Å². The molecular weight excluding hydrogens is 186 g/mol. The molecule has 2 heterocycles. The number of aromatic nitrogens is 3. The third-order valence-corrected chi connectivity index (χ3v) is 2.36. The largest absolute Gasteiger partial charge is 0.307 e. The van der Waals surface area contributed by atoms with E-state index in [4.69, 9.17) is 0 Å². The highest BCUT2D eigenvalue weighted by atomic mass is 15.1. The molecule has 0 atom stereocenters. The summed E-state index contributed by atoms with van der Waals surface area (Å²) in [4.78, 5) is 8.76. The summed E-state index contributed by atoms with van der Waals surface area (Å²) >= 11 is 0. The molecule has 0 aromatic carbocycles. The summed E-state index contributed by atoms with van der Waals surface area (Å²) in [6, 6.07) is 2.05. The molecule has 2 aromatic heterocycles. The van der Waals surface area contributed by atoms with Crippen molar-refractivity contribution < 1.29 is 0 Å². The smallest absolute Gasteiger partial charge is 0.155 e. The van der Waals surface area contributed by atoms with Crippen molar-refractivity contribution in [2.24, 2.45) is 0 Å². The Morgan fingerprint density at radius 2 is 2.00 bits per heavy atom. The fourth-order valence-corrected chi connectivity index (χ4v) is 1.41. The second kappa shape index (κ2) is 3.85. The van der Waals surface area contributed by atoms with Gasteiger partial charge in [0.1, 0.15) is 0 Å². The Balaban J connectivity index is 2.31. The number of nitrogens with zero attached hydrogens (tertiary/aromatic N) is 3. The first-order valence-corrected chi connectivity index (χ1v) is 5.14. The molecule has 0 N–H and O–H groups in total. The third kappa shape index (κ3) is 2.06. The monoisotopic (exact) mass is 201 g/mol. The lowest BCUT2D eigenvalue weighted by atomic mass is 10.1. The minimum Gasteiger partial charge on any atom is -0.307 e. The highest BCUT2D eigenvalue weighted by Crippen LogP contribution is 2.11. The molecule has 0 unspecified atom stereocenters. The zero-order chi connectivity index (χ0) is 10.8. The Morgan fingerprint density at radius 1 is 1.20 bits per heavy atom. The van der Waals surface area contributed by atoms with Crippen molar-refractivity contribution in [1.29, 1.82) is 0 Å². The van der Waals surface area contributed by atoms with Gasteiger partial charge in [0.15, 0.2) is 5.82 Å². The van der Waals surface area contributed by atoms with E-state index in [1.54, 1.807) is 0 Å². The molecule has 0 saturated heterocycles. The summed E-state index contributed by atoms with van der Waals surface area (Å²) in [7, 11) is 0. The zero-order valence-corrected chi connectivity index (χ0v) is 9.31. The third-order valence-electron chi connectivity index (χ3n) is 2.36. The van der Waals surface area contributed by atoms with E-state index in [-0.39, 0.29) is 0 Å². The molecule has 0 radical (unpaired) electrons. The Labute approximate surface area is 89.8 Å². The summed E-state index contributed by atoms with van der Waals surface area (Å²) in [6.45, 7) is 6.29. The van der Waals surface area contributed by atoms with Gasteiger partial charge in [0.2, 0.25) is 0 Å². The number of hydrogen-bond donors (Lipinski definition) is 0. The van der Waals surface area contributed by atoms with Gasteiger partial charge in [-0.3, -0.25) is 4.98 Å². The average Bonchev–Trinajstić information content (AvgIpc) is 2.65. The molecule has 0 saturated carbocycles. The molecule has 0 amide bonds. The lowest BCUT2D eigenvalue weighted by Crippen LogP contribution is -1.99. The maximum absolute atomic E-state index is 4.38. The first-order chi connectivity index (χ1) is 7.16. The lowest BCUT2D eigenvalue weighted by Gasteiger charge is -2.05. The van der Waals surface area contributed by atoms with Gasteiger partial charge in [-0.2, -0.15) is 0 Å². The standard InChI is InChI=1S/C12H15N3/c1-9(2)11-6-14-12(7-13-11)15-5-4-10(3)8-15/h4-9H,1-3H3. The van der Waals surface area contributed by atoms with Crippen LogP contribution in [0.2, 0.25) is 0 Å². The molecule has 2 rings (SSSR count). The van der Waals surface area contributed by atoms with Crippen molar-refractivity contribution >= 4 is 0 Å². The van der Waals surface area contributed by atoms with Crippen molar-refractivity contribution in [2.75, 3.05) is 0 Å². The first-order valence-electron chi connectivity index (χ1n) is 5.14. The maximum Gasteiger partial charge on any atom is 0.155 e. The Hall–Kier alpha value is -1.64. The number of aryl methyl sites for hydroxylation is 1. The molecule has 3 heteroatoms. The summed E-state index contributed by atoms with van der Waals surface area (Å²) in [5.74, 6) is 1.30. The minimum absolute atomic E-state index is 0.429. The highest BCUT2D eigenvalue weighted by molar-refractivity contribution is 5.24. The summed E-state index contributed by atoms with van der Waals surface area (Å²) in [5, 5.41) is 0. The zero-order valence-electron chi connectivity index (χ0n) is 9.31. The van der Waals surface area contributed by atoms with Gasteiger partial charge in [-0.05, 0) is 24.5 Å². The lowest BCUT2D eigenvalue weighted by molar-refractivity contribution is 0.803. The Kier molecular flexibility index (Phi) is 2.54. The van der Waals surface area contributed by atoms with E-state index in [9.17, 15) is 0 Å². The van der Waals surface area contributed by atoms with Crippen molar-refractivity contribution in [3.8, 4) is 5.82 Å². The van der Waals surface area contributed by atoms with E-state index < -0.39 is 0 Å². The summed E-state index contributed by atoms with van der Waals surface area (Å²) < 4.78 is 1.98. The van der Waals surface area contributed by atoms with Crippen LogP contribution in [0.3, 0.4) is 0 Å². The van der Waals surface area contributed by atoms with Crippen LogP contribution in [0.25, 0.3) is 5.82 Å². The van der Waals surface area contributed by atoms with Gasteiger partial charge in [0, 0.05) is 12.4 Å². The molecule has 0 bridgehead atoms. The van der Waals surface area contributed by atoms with Crippen molar-refractivity contribution in [3.05, 3.63) is 42.1 Å². The van der Waals surface area contributed by atoms with Crippen molar-refractivity contribution in [2.45, 2.75) is 26.7 Å². The van der Waals surface area contributed by atoms with Crippen LogP contribution >= 0.6 is 0 Å². The van der Waals surface area contributed by atoms with Crippen molar-refractivity contribution in [1.82, 2.24) is 14.5 Å². The highest BCUT2D eigenvalue weighted by Gasteiger charge is 2.02. The van der Waals surface area contributed by atoms with Crippen LogP contribution in [0.5, 0.6) is 0 Å². The fraction of sp³-hybridized carbons (Fsp3) is 0.333. The number of rotatable bonds is 2. The first kappa shape index (κ1) is 9.90. The molecule has 0 aliphatic rings. The SMILES string of the molecule is Cc1ccn(-c2cnc(C(C)C)cn2)c1. The van der Waals surface area contributed by atoms with Gasteiger partial charge in [-0.1, -0.05) is 13.8 Å². The molecule has 0 aliphatic heterocycles. The van der Waals surface area contributed by atoms with Crippen LogP contribution in [0, 0.1) is 6.92 Å². The topological polar surface area (TPSA) is 30.7 Å². The predicted octanol–water partition coefficient (Wildman–Crippen LogP) is 2.70. The molecule has 15 heavy (non-hydrogen) atoms. The summed E-state index contributed by atoms with van der Waals surface area (Å²) in [6.07, 6.45) is 7.69. The van der Waals surface area contributed by atoms with E-state index in [0.717, 1.165) is 11.5 Å². The quantitative estimate of drug-likeness (QED) is 0.748. The van der Waals surface area contributed by atoms with Gasteiger partial charge in [0.05, 0.1) is 18.1 Å². The van der Waals surface area contributed by atoms with E-state index in [1.165, 1.54) is 5.56 Å². The normalized spacial score (nSPS) is 10.9.